The average molecular weight is 324 g/mol. The van der Waals surface area contributed by atoms with Gasteiger partial charge in [0.25, 0.3) is 0 Å². The van der Waals surface area contributed by atoms with E-state index in [4.69, 9.17) is 16.7 Å². The van der Waals surface area contributed by atoms with Crippen LogP contribution in [0.3, 0.4) is 0 Å². The number of aromatic carboxylic acids is 1. The summed E-state index contributed by atoms with van der Waals surface area (Å²) in [5.41, 5.74) is -2.98. The number of nitrogens with zero attached hydrogens (tertiary/aromatic N) is 3. The Balaban J connectivity index is 2.50. The van der Waals surface area contributed by atoms with E-state index in [9.17, 15) is 22.4 Å². The molecule has 0 radical (unpaired) electrons. The summed E-state index contributed by atoms with van der Waals surface area (Å²) in [4.78, 5) is 10.7. The second kappa shape index (κ2) is 5.32. The normalized spacial score (nSPS) is 11.7. The molecule has 2 rings (SSSR count). The average Bonchev–Trinajstić information content (AvgIpc) is 2.79. The van der Waals surface area contributed by atoms with Gasteiger partial charge >= 0.3 is 12.1 Å². The van der Waals surface area contributed by atoms with Crippen LogP contribution in [0.5, 0.6) is 0 Å². The maximum Gasteiger partial charge on any atom is 0.435 e. The summed E-state index contributed by atoms with van der Waals surface area (Å²) in [5.74, 6) is -2.78. The van der Waals surface area contributed by atoms with Crippen LogP contribution in [0.2, 0.25) is 5.02 Å². The summed E-state index contributed by atoms with van der Waals surface area (Å²) < 4.78 is 52.7. The summed E-state index contributed by atoms with van der Waals surface area (Å²) in [6, 6.07) is 3.79. The molecule has 0 aliphatic rings. The first-order valence-corrected chi connectivity index (χ1v) is 5.76. The number of hydrogen-bond acceptors (Lipinski definition) is 3. The fourth-order valence-electron chi connectivity index (χ4n) is 1.68. The molecule has 0 atom stereocenters. The summed E-state index contributed by atoms with van der Waals surface area (Å²) >= 11 is 5.53. The smallest absolute Gasteiger partial charge is 0.435 e. The predicted molar refractivity (Wildman–Crippen MR) is 62.5 cm³/mol. The summed E-state index contributed by atoms with van der Waals surface area (Å²) in [5, 5.41) is 14.5. The Morgan fingerprint density at radius 2 is 2.05 bits per heavy atom. The monoisotopic (exact) mass is 323 g/mol. The van der Waals surface area contributed by atoms with Gasteiger partial charge in [0.15, 0.2) is 5.69 Å². The van der Waals surface area contributed by atoms with E-state index in [0.29, 0.717) is 0 Å². The third kappa shape index (κ3) is 2.97. The van der Waals surface area contributed by atoms with Gasteiger partial charge < -0.3 is 5.11 Å². The highest BCUT2D eigenvalue weighted by Crippen LogP contribution is 2.31. The molecule has 0 saturated heterocycles. The van der Waals surface area contributed by atoms with Gasteiger partial charge in [0.05, 0.1) is 11.6 Å². The number of benzene rings is 1. The molecule has 0 unspecified atom stereocenters. The molecule has 0 bridgehead atoms. The Bertz CT molecular complexity index is 699. The van der Waals surface area contributed by atoms with Crippen LogP contribution in [-0.4, -0.2) is 26.1 Å². The van der Waals surface area contributed by atoms with Crippen LogP contribution in [0.1, 0.15) is 21.7 Å². The van der Waals surface area contributed by atoms with Gasteiger partial charge in [-0.15, -0.1) is 5.10 Å². The van der Waals surface area contributed by atoms with Crippen LogP contribution < -0.4 is 0 Å². The maximum atomic E-state index is 13.7. The van der Waals surface area contributed by atoms with Gasteiger partial charge in [-0.25, -0.2) is 13.9 Å². The lowest BCUT2D eigenvalue weighted by atomic mass is 10.2. The molecule has 1 aromatic heterocycles. The van der Waals surface area contributed by atoms with Crippen molar-refractivity contribution in [3.63, 3.8) is 0 Å². The van der Waals surface area contributed by atoms with Crippen LogP contribution >= 0.6 is 11.6 Å². The summed E-state index contributed by atoms with van der Waals surface area (Å²) in [6.07, 6.45) is -4.99. The Morgan fingerprint density at radius 1 is 1.38 bits per heavy atom. The number of aromatic nitrogens is 3. The van der Waals surface area contributed by atoms with Crippen molar-refractivity contribution < 1.29 is 27.5 Å². The van der Waals surface area contributed by atoms with E-state index in [0.717, 1.165) is 0 Å². The fraction of sp³-hybridized carbons (Fsp3) is 0.182. The highest BCUT2D eigenvalue weighted by atomic mass is 35.5. The molecule has 1 heterocycles. The second-order valence-corrected chi connectivity index (χ2v) is 4.37. The first kappa shape index (κ1) is 15.2. The number of rotatable bonds is 3. The van der Waals surface area contributed by atoms with E-state index in [-0.39, 0.29) is 15.3 Å². The van der Waals surface area contributed by atoms with Crippen molar-refractivity contribution in [2.75, 3.05) is 0 Å². The molecule has 0 fully saturated rings. The highest BCUT2D eigenvalue weighted by Gasteiger charge is 2.41. The quantitative estimate of drug-likeness (QED) is 0.882. The molecule has 1 aromatic carbocycles. The van der Waals surface area contributed by atoms with Crippen molar-refractivity contribution in [2.24, 2.45) is 0 Å². The number of carboxylic acid groups (broad SMARTS) is 1. The van der Waals surface area contributed by atoms with Crippen molar-refractivity contribution >= 4 is 17.6 Å². The van der Waals surface area contributed by atoms with Gasteiger partial charge in [0.1, 0.15) is 5.82 Å². The van der Waals surface area contributed by atoms with E-state index < -0.39 is 35.9 Å². The number of halogens is 5. The van der Waals surface area contributed by atoms with Crippen LogP contribution in [0.15, 0.2) is 18.2 Å². The minimum Gasteiger partial charge on any atom is -0.476 e. The minimum atomic E-state index is -4.99. The van der Waals surface area contributed by atoms with Crippen LogP contribution in [0, 0.1) is 5.82 Å². The van der Waals surface area contributed by atoms with E-state index in [1.165, 1.54) is 18.2 Å². The molecular weight excluding hydrogens is 318 g/mol. The third-order valence-electron chi connectivity index (χ3n) is 2.56. The summed E-state index contributed by atoms with van der Waals surface area (Å²) in [6.45, 7) is -0.651. The second-order valence-electron chi connectivity index (χ2n) is 3.96. The van der Waals surface area contributed by atoms with Gasteiger partial charge in [0, 0.05) is 5.56 Å². The van der Waals surface area contributed by atoms with Crippen molar-refractivity contribution in [2.45, 2.75) is 12.7 Å². The Morgan fingerprint density at radius 3 is 2.62 bits per heavy atom. The molecule has 21 heavy (non-hydrogen) atoms. The third-order valence-corrected chi connectivity index (χ3v) is 2.85. The largest absolute Gasteiger partial charge is 0.476 e. The zero-order valence-electron chi connectivity index (χ0n) is 10.0. The van der Waals surface area contributed by atoms with Crippen molar-refractivity contribution in [3.05, 3.63) is 46.0 Å². The lowest BCUT2D eigenvalue weighted by Crippen LogP contribution is -2.19. The zero-order valence-corrected chi connectivity index (χ0v) is 10.8. The molecule has 0 aliphatic carbocycles. The fourth-order valence-corrected chi connectivity index (χ4v) is 1.87. The molecular formula is C11H6ClF4N3O2. The van der Waals surface area contributed by atoms with E-state index in [2.05, 4.69) is 10.3 Å². The molecule has 0 saturated carbocycles. The van der Waals surface area contributed by atoms with Crippen LogP contribution in [-0.2, 0) is 12.7 Å². The lowest BCUT2D eigenvalue weighted by Gasteiger charge is -2.11. The van der Waals surface area contributed by atoms with E-state index in [1.807, 2.05) is 0 Å². The van der Waals surface area contributed by atoms with Gasteiger partial charge in [-0.1, -0.05) is 28.9 Å². The predicted octanol–water partition coefficient (Wildman–Crippen LogP) is 2.84. The molecule has 0 spiro atoms. The molecule has 5 nitrogen and oxygen atoms in total. The van der Waals surface area contributed by atoms with E-state index >= 15 is 0 Å². The van der Waals surface area contributed by atoms with Gasteiger partial charge in [-0.05, 0) is 6.07 Å². The standard InChI is InChI=1S/C11H6ClF4N3O2/c12-6-3-1-2-5(7(6)13)4-19-9(11(14,15)16)8(10(20)21)17-18-19/h1-3H,4H2,(H,20,21). The van der Waals surface area contributed by atoms with Crippen LogP contribution in [0.4, 0.5) is 17.6 Å². The van der Waals surface area contributed by atoms with Gasteiger partial charge in [0.2, 0.25) is 5.69 Å². The number of carbonyl (C=O) groups is 1. The van der Waals surface area contributed by atoms with Gasteiger partial charge in [-0.3, -0.25) is 0 Å². The molecule has 0 aliphatic heterocycles. The first-order valence-electron chi connectivity index (χ1n) is 5.38. The van der Waals surface area contributed by atoms with Crippen LogP contribution in [0.25, 0.3) is 0 Å². The molecule has 10 heteroatoms. The lowest BCUT2D eigenvalue weighted by molar-refractivity contribution is -0.144. The van der Waals surface area contributed by atoms with Crippen molar-refractivity contribution in [3.8, 4) is 0 Å². The molecule has 1 N–H and O–H groups in total. The highest BCUT2D eigenvalue weighted by molar-refractivity contribution is 6.30. The number of hydrogen-bond donors (Lipinski definition) is 1. The van der Waals surface area contributed by atoms with E-state index in [1.54, 1.807) is 0 Å². The first-order chi connectivity index (χ1) is 9.71. The van der Waals surface area contributed by atoms with Gasteiger partial charge in [-0.2, -0.15) is 13.2 Å². The Labute approximate surface area is 119 Å². The minimum absolute atomic E-state index is 0.171. The SMILES string of the molecule is O=C(O)c1nnn(Cc2cccc(Cl)c2F)c1C(F)(F)F. The zero-order chi connectivity index (χ0) is 15.8. The summed E-state index contributed by atoms with van der Waals surface area (Å²) in [7, 11) is 0. The Kier molecular flexibility index (Phi) is 3.86. The molecule has 2 aromatic rings. The molecule has 0 amide bonds. The number of alkyl halides is 3. The Hall–Kier alpha value is -2.16. The van der Waals surface area contributed by atoms with Crippen molar-refractivity contribution in [1.29, 1.82) is 0 Å². The number of carboxylic acids is 1. The molecule has 112 valence electrons. The maximum absolute atomic E-state index is 13.7. The van der Waals surface area contributed by atoms with Crippen molar-refractivity contribution in [1.82, 2.24) is 15.0 Å². The topological polar surface area (TPSA) is 68.0 Å².